The molecule has 7 nitrogen and oxygen atoms in total. The molecule has 0 radical (unpaired) electrons. The van der Waals surface area contributed by atoms with Crippen molar-refractivity contribution in [3.63, 3.8) is 0 Å². The largest absolute Gasteiger partial charge is 0.354 e. The molecule has 7 heteroatoms. The first-order chi connectivity index (χ1) is 10.2. The van der Waals surface area contributed by atoms with Crippen LogP contribution in [0.15, 0.2) is 4.52 Å². The molecular weight excluding hydrogens is 270 g/mol. The molecule has 1 fully saturated rings. The quantitative estimate of drug-likeness (QED) is 0.762. The van der Waals surface area contributed by atoms with Crippen molar-refractivity contribution < 1.29 is 9.32 Å². The minimum absolute atomic E-state index is 0.115. The van der Waals surface area contributed by atoms with Crippen molar-refractivity contribution in [2.24, 2.45) is 0 Å². The standard InChI is InChI=1S/C14H21N5O2/c1-11-18-13(19-21-11)14(6-3-2-4-7-14)17-10-12(20)16-9-5-8-15/h17H,2-7,9-10H2,1H3,(H,16,20). The summed E-state index contributed by atoms with van der Waals surface area (Å²) in [6.45, 7) is 2.34. The van der Waals surface area contributed by atoms with Crippen molar-refractivity contribution in [1.82, 2.24) is 20.8 Å². The van der Waals surface area contributed by atoms with Crippen LogP contribution in [-0.2, 0) is 10.3 Å². The minimum Gasteiger partial charge on any atom is -0.354 e. The van der Waals surface area contributed by atoms with E-state index in [0.29, 0.717) is 24.7 Å². The summed E-state index contributed by atoms with van der Waals surface area (Å²) in [5.74, 6) is 1.06. The van der Waals surface area contributed by atoms with Crippen LogP contribution in [0.5, 0.6) is 0 Å². The number of aryl methyl sites for hydroxylation is 1. The number of rotatable bonds is 6. The molecule has 0 bridgehead atoms. The topological polar surface area (TPSA) is 104 Å². The molecule has 0 spiro atoms. The fourth-order valence-corrected chi connectivity index (χ4v) is 2.70. The molecule has 1 heterocycles. The molecule has 0 saturated heterocycles. The minimum atomic E-state index is -0.372. The third-order valence-corrected chi connectivity index (χ3v) is 3.81. The van der Waals surface area contributed by atoms with Crippen LogP contribution in [0.3, 0.4) is 0 Å². The van der Waals surface area contributed by atoms with Gasteiger partial charge in [0.25, 0.3) is 0 Å². The average molecular weight is 291 g/mol. The van der Waals surface area contributed by atoms with Crippen molar-refractivity contribution in [2.75, 3.05) is 13.1 Å². The van der Waals surface area contributed by atoms with Crippen LogP contribution in [0, 0.1) is 18.3 Å². The van der Waals surface area contributed by atoms with Gasteiger partial charge in [0.2, 0.25) is 11.8 Å². The number of carbonyl (C=O) groups excluding carboxylic acids is 1. The van der Waals surface area contributed by atoms with E-state index in [1.807, 2.05) is 6.07 Å². The van der Waals surface area contributed by atoms with E-state index < -0.39 is 0 Å². The Labute approximate surface area is 124 Å². The summed E-state index contributed by atoms with van der Waals surface area (Å²) in [5.41, 5.74) is -0.372. The molecule has 1 amide bonds. The highest BCUT2D eigenvalue weighted by atomic mass is 16.5. The van der Waals surface area contributed by atoms with E-state index in [9.17, 15) is 4.79 Å². The van der Waals surface area contributed by atoms with Crippen LogP contribution in [0.2, 0.25) is 0 Å². The number of nitrogens with one attached hydrogen (secondary N) is 2. The SMILES string of the molecule is Cc1nc(C2(NCC(=O)NCCC#N)CCCCC2)no1. The molecule has 0 aromatic carbocycles. The monoisotopic (exact) mass is 291 g/mol. The second kappa shape index (κ2) is 7.18. The lowest BCUT2D eigenvalue weighted by Gasteiger charge is -2.35. The summed E-state index contributed by atoms with van der Waals surface area (Å²) >= 11 is 0. The molecule has 1 aromatic heterocycles. The van der Waals surface area contributed by atoms with Gasteiger partial charge in [-0.05, 0) is 12.8 Å². The normalized spacial score (nSPS) is 17.1. The average Bonchev–Trinajstić information content (AvgIpc) is 2.94. The van der Waals surface area contributed by atoms with Crippen LogP contribution in [-0.4, -0.2) is 29.1 Å². The Balaban J connectivity index is 1.97. The van der Waals surface area contributed by atoms with Crippen LogP contribution in [0.1, 0.15) is 50.2 Å². The molecule has 1 aromatic rings. The highest BCUT2D eigenvalue weighted by Crippen LogP contribution is 2.35. The van der Waals surface area contributed by atoms with E-state index in [-0.39, 0.29) is 18.0 Å². The van der Waals surface area contributed by atoms with Gasteiger partial charge in [0.05, 0.1) is 24.6 Å². The second-order valence-electron chi connectivity index (χ2n) is 5.39. The number of hydrogen-bond donors (Lipinski definition) is 2. The lowest BCUT2D eigenvalue weighted by atomic mass is 9.81. The summed E-state index contributed by atoms with van der Waals surface area (Å²) in [6, 6.07) is 2.00. The van der Waals surface area contributed by atoms with E-state index in [4.69, 9.17) is 9.78 Å². The number of nitrogens with zero attached hydrogens (tertiary/aromatic N) is 3. The summed E-state index contributed by atoms with van der Waals surface area (Å²) in [4.78, 5) is 16.1. The lowest BCUT2D eigenvalue weighted by molar-refractivity contribution is -0.120. The first-order valence-corrected chi connectivity index (χ1v) is 7.36. The zero-order valence-electron chi connectivity index (χ0n) is 12.3. The van der Waals surface area contributed by atoms with E-state index in [1.54, 1.807) is 6.92 Å². The van der Waals surface area contributed by atoms with E-state index in [2.05, 4.69) is 20.8 Å². The maximum Gasteiger partial charge on any atom is 0.234 e. The van der Waals surface area contributed by atoms with Crippen LogP contribution in [0.4, 0.5) is 0 Å². The summed E-state index contributed by atoms with van der Waals surface area (Å²) in [6.07, 6.45) is 5.47. The van der Waals surface area contributed by atoms with Gasteiger partial charge in [-0.3, -0.25) is 10.1 Å². The van der Waals surface area contributed by atoms with E-state index >= 15 is 0 Å². The van der Waals surface area contributed by atoms with Crippen molar-refractivity contribution in [1.29, 1.82) is 5.26 Å². The predicted molar refractivity (Wildman–Crippen MR) is 75.0 cm³/mol. The van der Waals surface area contributed by atoms with Crippen molar-refractivity contribution in [3.05, 3.63) is 11.7 Å². The Kier molecular flexibility index (Phi) is 5.28. The third kappa shape index (κ3) is 4.02. The Morgan fingerprint density at radius 3 is 2.81 bits per heavy atom. The Morgan fingerprint density at radius 2 is 2.19 bits per heavy atom. The van der Waals surface area contributed by atoms with Crippen molar-refractivity contribution in [3.8, 4) is 6.07 Å². The summed E-state index contributed by atoms with van der Waals surface area (Å²) < 4.78 is 5.09. The van der Waals surface area contributed by atoms with E-state index in [1.165, 1.54) is 6.42 Å². The van der Waals surface area contributed by atoms with E-state index in [0.717, 1.165) is 25.7 Å². The molecule has 2 rings (SSSR count). The van der Waals surface area contributed by atoms with Gasteiger partial charge in [-0.25, -0.2) is 0 Å². The maximum absolute atomic E-state index is 11.8. The Hall–Kier alpha value is -1.94. The molecule has 1 aliphatic carbocycles. The zero-order chi connectivity index (χ0) is 15.1. The summed E-state index contributed by atoms with van der Waals surface area (Å²) in [7, 11) is 0. The molecular formula is C14H21N5O2. The molecule has 114 valence electrons. The fourth-order valence-electron chi connectivity index (χ4n) is 2.70. The van der Waals surface area contributed by atoms with Gasteiger partial charge in [0, 0.05) is 13.5 Å². The van der Waals surface area contributed by atoms with Gasteiger partial charge in [-0.1, -0.05) is 24.4 Å². The maximum atomic E-state index is 11.8. The zero-order valence-corrected chi connectivity index (χ0v) is 12.3. The summed E-state index contributed by atoms with van der Waals surface area (Å²) in [5, 5.41) is 18.5. The highest BCUT2D eigenvalue weighted by Gasteiger charge is 2.38. The third-order valence-electron chi connectivity index (χ3n) is 3.81. The highest BCUT2D eigenvalue weighted by molar-refractivity contribution is 5.78. The van der Waals surface area contributed by atoms with Gasteiger partial charge in [-0.15, -0.1) is 0 Å². The van der Waals surface area contributed by atoms with Gasteiger partial charge < -0.3 is 9.84 Å². The molecule has 1 aliphatic rings. The number of amides is 1. The Morgan fingerprint density at radius 1 is 1.43 bits per heavy atom. The number of nitriles is 1. The second-order valence-corrected chi connectivity index (χ2v) is 5.39. The molecule has 0 atom stereocenters. The van der Waals surface area contributed by atoms with Crippen LogP contribution in [0.25, 0.3) is 0 Å². The smallest absolute Gasteiger partial charge is 0.234 e. The first-order valence-electron chi connectivity index (χ1n) is 7.36. The van der Waals surface area contributed by atoms with Crippen LogP contribution >= 0.6 is 0 Å². The Bertz CT molecular complexity index is 514. The molecule has 1 saturated carbocycles. The van der Waals surface area contributed by atoms with Crippen LogP contribution < -0.4 is 10.6 Å². The predicted octanol–water partition coefficient (Wildman–Crippen LogP) is 1.16. The van der Waals surface area contributed by atoms with Crippen molar-refractivity contribution in [2.45, 2.75) is 51.0 Å². The fraction of sp³-hybridized carbons (Fsp3) is 0.714. The molecule has 0 aliphatic heterocycles. The van der Waals surface area contributed by atoms with Crippen molar-refractivity contribution >= 4 is 5.91 Å². The first kappa shape index (κ1) is 15.4. The number of aromatic nitrogens is 2. The van der Waals surface area contributed by atoms with Gasteiger partial charge in [0.1, 0.15) is 0 Å². The van der Waals surface area contributed by atoms with Gasteiger partial charge in [0.15, 0.2) is 5.82 Å². The van der Waals surface area contributed by atoms with Gasteiger partial charge in [-0.2, -0.15) is 10.2 Å². The molecule has 21 heavy (non-hydrogen) atoms. The number of hydrogen-bond acceptors (Lipinski definition) is 6. The molecule has 2 N–H and O–H groups in total. The van der Waals surface area contributed by atoms with Gasteiger partial charge >= 0.3 is 0 Å². The lowest BCUT2D eigenvalue weighted by Crippen LogP contribution is -2.49. The number of carbonyl (C=O) groups is 1. The molecule has 0 unspecified atom stereocenters.